The molecule has 39 heavy (non-hydrogen) atoms. The van der Waals surface area contributed by atoms with Gasteiger partial charge >= 0.3 is 5.97 Å². The SMILES string of the molecule is CCCCCCCCCCCCC(C(=O)OC(CCCCCCCC)CCCCCCCCCCC)C(C)C. The first-order valence-electron chi connectivity index (χ1n) is 18.3. The molecule has 0 bridgehead atoms. The van der Waals surface area contributed by atoms with Gasteiger partial charge in [-0.3, -0.25) is 4.79 Å². The molecule has 0 radical (unpaired) electrons. The van der Waals surface area contributed by atoms with E-state index in [4.69, 9.17) is 4.74 Å². The van der Waals surface area contributed by atoms with Crippen LogP contribution in [0, 0.1) is 11.8 Å². The number of hydrogen-bond acceptors (Lipinski definition) is 2. The molecular weight excluding hydrogens is 476 g/mol. The van der Waals surface area contributed by atoms with E-state index in [0.717, 1.165) is 19.3 Å². The van der Waals surface area contributed by atoms with Gasteiger partial charge in [-0.05, 0) is 38.0 Å². The Bertz CT molecular complexity index is 486. The van der Waals surface area contributed by atoms with E-state index >= 15 is 0 Å². The summed E-state index contributed by atoms with van der Waals surface area (Å²) in [6.45, 7) is 11.3. The topological polar surface area (TPSA) is 26.3 Å². The fraction of sp³-hybridized carbons (Fsp3) is 0.973. The van der Waals surface area contributed by atoms with Gasteiger partial charge in [0.2, 0.25) is 0 Å². The van der Waals surface area contributed by atoms with E-state index in [1.54, 1.807) is 0 Å². The van der Waals surface area contributed by atoms with Crippen LogP contribution in [0.5, 0.6) is 0 Å². The number of unbranched alkanes of at least 4 members (excludes halogenated alkanes) is 22. The van der Waals surface area contributed by atoms with Crippen LogP contribution in [0.1, 0.15) is 214 Å². The largest absolute Gasteiger partial charge is 0.462 e. The van der Waals surface area contributed by atoms with E-state index < -0.39 is 0 Å². The van der Waals surface area contributed by atoms with Crippen LogP contribution < -0.4 is 0 Å². The molecule has 0 rings (SSSR count). The number of carbonyl (C=O) groups is 1. The van der Waals surface area contributed by atoms with Crippen LogP contribution in [-0.2, 0) is 9.53 Å². The molecular formula is C37H74O2. The lowest BCUT2D eigenvalue weighted by Crippen LogP contribution is -2.28. The first kappa shape index (κ1) is 38.5. The Balaban J connectivity index is 4.40. The Morgan fingerprint density at radius 1 is 0.436 bits per heavy atom. The Labute approximate surface area is 247 Å². The molecule has 0 amide bonds. The second-order valence-corrected chi connectivity index (χ2v) is 13.1. The van der Waals surface area contributed by atoms with Crippen molar-refractivity contribution in [2.24, 2.45) is 11.8 Å². The third-order valence-corrected chi connectivity index (χ3v) is 8.77. The molecule has 0 saturated heterocycles. The average molecular weight is 551 g/mol. The first-order valence-corrected chi connectivity index (χ1v) is 18.3. The highest BCUT2D eigenvalue weighted by Gasteiger charge is 2.26. The monoisotopic (exact) mass is 551 g/mol. The Kier molecular flexibility index (Phi) is 30.0. The maximum Gasteiger partial charge on any atom is 0.309 e. The lowest BCUT2D eigenvalue weighted by Gasteiger charge is -2.24. The van der Waals surface area contributed by atoms with E-state index in [1.807, 2.05) is 0 Å². The molecule has 0 spiro atoms. The predicted octanol–water partition coefficient (Wildman–Crippen LogP) is 13.2. The fourth-order valence-corrected chi connectivity index (χ4v) is 5.92. The minimum Gasteiger partial charge on any atom is -0.462 e. The van der Waals surface area contributed by atoms with Crippen LogP contribution in [0.3, 0.4) is 0 Å². The van der Waals surface area contributed by atoms with Gasteiger partial charge in [0, 0.05) is 0 Å². The van der Waals surface area contributed by atoms with Gasteiger partial charge in [0.1, 0.15) is 6.10 Å². The normalized spacial score (nSPS) is 13.2. The lowest BCUT2D eigenvalue weighted by molar-refractivity contribution is -0.157. The molecule has 0 N–H and O–H groups in total. The standard InChI is InChI=1S/C37H74O2/c1-6-9-12-15-18-20-22-24-27-30-33-36(34(4)5)37(38)39-35(31-28-25-17-14-11-8-3)32-29-26-23-21-19-16-13-10-7-2/h34-36H,6-33H2,1-5H3. The molecule has 0 aliphatic rings. The lowest BCUT2D eigenvalue weighted by atomic mass is 9.90. The molecule has 0 aromatic heterocycles. The quantitative estimate of drug-likeness (QED) is 0.0633. The van der Waals surface area contributed by atoms with E-state index in [0.29, 0.717) is 5.92 Å². The van der Waals surface area contributed by atoms with E-state index in [1.165, 1.54) is 161 Å². The van der Waals surface area contributed by atoms with Crippen molar-refractivity contribution in [2.75, 3.05) is 0 Å². The van der Waals surface area contributed by atoms with E-state index in [9.17, 15) is 4.79 Å². The molecule has 2 atom stereocenters. The van der Waals surface area contributed by atoms with Crippen LogP contribution in [0.4, 0.5) is 0 Å². The van der Waals surface area contributed by atoms with Gasteiger partial charge in [-0.15, -0.1) is 0 Å². The second kappa shape index (κ2) is 30.4. The van der Waals surface area contributed by atoms with Gasteiger partial charge in [-0.1, -0.05) is 182 Å². The van der Waals surface area contributed by atoms with Crippen molar-refractivity contribution < 1.29 is 9.53 Å². The summed E-state index contributed by atoms with van der Waals surface area (Å²) in [6, 6.07) is 0. The third kappa shape index (κ3) is 26.1. The van der Waals surface area contributed by atoms with Crippen molar-refractivity contribution in [3.8, 4) is 0 Å². The van der Waals surface area contributed by atoms with Crippen LogP contribution in [-0.4, -0.2) is 12.1 Å². The molecule has 0 fully saturated rings. The predicted molar refractivity (Wildman–Crippen MR) is 175 cm³/mol. The Hall–Kier alpha value is -0.530. The number of esters is 1. The number of ether oxygens (including phenoxy) is 1. The summed E-state index contributed by atoms with van der Waals surface area (Å²) < 4.78 is 6.28. The molecule has 2 nitrogen and oxygen atoms in total. The van der Waals surface area contributed by atoms with Gasteiger partial charge in [0.25, 0.3) is 0 Å². The van der Waals surface area contributed by atoms with Gasteiger partial charge in [0.05, 0.1) is 5.92 Å². The molecule has 0 aliphatic heterocycles. The zero-order valence-electron chi connectivity index (χ0n) is 27.8. The minimum atomic E-state index is 0.0780. The summed E-state index contributed by atoms with van der Waals surface area (Å²) in [5.41, 5.74) is 0. The number of carbonyl (C=O) groups excluding carboxylic acids is 1. The maximum absolute atomic E-state index is 13.3. The van der Waals surface area contributed by atoms with E-state index in [2.05, 4.69) is 34.6 Å². The summed E-state index contributed by atoms with van der Waals surface area (Å²) in [5, 5.41) is 0. The third-order valence-electron chi connectivity index (χ3n) is 8.77. The minimum absolute atomic E-state index is 0.0780. The van der Waals surface area contributed by atoms with Gasteiger partial charge in [0.15, 0.2) is 0 Å². The maximum atomic E-state index is 13.3. The molecule has 2 heteroatoms. The number of hydrogen-bond donors (Lipinski definition) is 0. The highest BCUT2D eigenvalue weighted by Crippen LogP contribution is 2.25. The molecule has 234 valence electrons. The average Bonchev–Trinajstić information content (AvgIpc) is 2.92. The van der Waals surface area contributed by atoms with Crippen molar-refractivity contribution in [3.63, 3.8) is 0 Å². The molecule has 0 aliphatic carbocycles. The van der Waals surface area contributed by atoms with Gasteiger partial charge < -0.3 is 4.74 Å². The molecule has 0 aromatic carbocycles. The Morgan fingerprint density at radius 3 is 1.03 bits per heavy atom. The smallest absolute Gasteiger partial charge is 0.309 e. The summed E-state index contributed by atoms with van der Waals surface area (Å²) in [7, 11) is 0. The van der Waals surface area contributed by atoms with Crippen LogP contribution in [0.2, 0.25) is 0 Å². The van der Waals surface area contributed by atoms with Crippen molar-refractivity contribution in [2.45, 2.75) is 221 Å². The second-order valence-electron chi connectivity index (χ2n) is 13.1. The molecule has 0 aromatic rings. The van der Waals surface area contributed by atoms with Crippen molar-refractivity contribution in [1.29, 1.82) is 0 Å². The first-order chi connectivity index (χ1) is 19.1. The summed E-state index contributed by atoms with van der Waals surface area (Å²) >= 11 is 0. The van der Waals surface area contributed by atoms with E-state index in [-0.39, 0.29) is 18.0 Å². The Morgan fingerprint density at radius 2 is 0.718 bits per heavy atom. The molecule has 2 unspecified atom stereocenters. The van der Waals surface area contributed by atoms with Gasteiger partial charge in [-0.2, -0.15) is 0 Å². The highest BCUT2D eigenvalue weighted by atomic mass is 16.5. The summed E-state index contributed by atoms with van der Waals surface area (Å²) in [6.07, 6.45) is 36.8. The number of rotatable bonds is 31. The van der Waals surface area contributed by atoms with Crippen molar-refractivity contribution in [1.82, 2.24) is 0 Å². The zero-order chi connectivity index (χ0) is 28.8. The van der Waals surface area contributed by atoms with Crippen LogP contribution >= 0.6 is 0 Å². The highest BCUT2D eigenvalue weighted by molar-refractivity contribution is 5.72. The van der Waals surface area contributed by atoms with Gasteiger partial charge in [-0.25, -0.2) is 0 Å². The van der Waals surface area contributed by atoms with Crippen molar-refractivity contribution >= 4 is 5.97 Å². The summed E-state index contributed by atoms with van der Waals surface area (Å²) in [5.74, 6) is 0.556. The van der Waals surface area contributed by atoms with Crippen LogP contribution in [0.15, 0.2) is 0 Å². The van der Waals surface area contributed by atoms with Crippen molar-refractivity contribution in [3.05, 3.63) is 0 Å². The zero-order valence-corrected chi connectivity index (χ0v) is 27.8. The molecule has 0 heterocycles. The molecule has 0 saturated carbocycles. The fourth-order valence-electron chi connectivity index (χ4n) is 5.92. The summed E-state index contributed by atoms with van der Waals surface area (Å²) in [4.78, 5) is 13.3. The van der Waals surface area contributed by atoms with Crippen LogP contribution in [0.25, 0.3) is 0 Å².